The van der Waals surface area contributed by atoms with Crippen LogP contribution in [-0.4, -0.2) is 27.1 Å². The molecule has 1 amide bonds. The summed E-state index contributed by atoms with van der Waals surface area (Å²) in [5.74, 6) is 0.965. The third kappa shape index (κ3) is 4.64. The van der Waals surface area contributed by atoms with E-state index in [0.29, 0.717) is 23.0 Å². The first-order valence-corrected chi connectivity index (χ1v) is 12.8. The number of imidazole rings is 1. The average Bonchev–Trinajstić information content (AvgIpc) is 3.27. The van der Waals surface area contributed by atoms with Gasteiger partial charge in [-0.2, -0.15) is 0 Å². The van der Waals surface area contributed by atoms with Crippen LogP contribution in [0.3, 0.4) is 0 Å². The van der Waals surface area contributed by atoms with Crippen LogP contribution < -0.4 is 10.2 Å². The number of carbonyl (C=O) groups excluding carboxylic acids is 1. The molecule has 1 aliphatic rings. The second-order valence-electron chi connectivity index (χ2n) is 8.33. The third-order valence-electron chi connectivity index (χ3n) is 5.92. The van der Waals surface area contributed by atoms with Crippen LogP contribution in [0.4, 0.5) is 0 Å². The highest BCUT2D eigenvalue weighted by Crippen LogP contribution is 2.38. The number of benzene rings is 4. The van der Waals surface area contributed by atoms with Crippen molar-refractivity contribution < 1.29 is 9.53 Å². The molecule has 0 bridgehead atoms. The molecule has 0 aliphatic carbocycles. The number of aromatic nitrogens is 2. The van der Waals surface area contributed by atoms with E-state index < -0.39 is 0 Å². The molecule has 6 nitrogen and oxygen atoms in total. The number of thioether (sulfide) groups is 1. The molecule has 0 saturated carbocycles. The fourth-order valence-electron chi connectivity index (χ4n) is 4.23. The molecule has 0 atom stereocenters. The quantitative estimate of drug-likeness (QED) is 0.272. The van der Waals surface area contributed by atoms with Crippen molar-refractivity contribution in [1.82, 2.24) is 15.0 Å². The Morgan fingerprint density at radius 3 is 2.11 bits per heavy atom. The molecule has 37 heavy (non-hydrogen) atoms. The van der Waals surface area contributed by atoms with Crippen molar-refractivity contribution in [1.29, 1.82) is 0 Å². The Morgan fingerprint density at radius 2 is 1.38 bits per heavy atom. The minimum atomic E-state index is -0.292. The topological polar surface area (TPSA) is 68.5 Å². The molecule has 1 N–H and O–H groups in total. The van der Waals surface area contributed by atoms with Crippen molar-refractivity contribution in [2.24, 2.45) is 5.10 Å². The van der Waals surface area contributed by atoms with Crippen LogP contribution in [0.15, 0.2) is 126 Å². The van der Waals surface area contributed by atoms with E-state index in [1.807, 2.05) is 60.7 Å². The van der Waals surface area contributed by atoms with Gasteiger partial charge in [-0.3, -0.25) is 9.36 Å². The molecule has 1 aromatic heterocycles. The zero-order chi connectivity index (χ0) is 25.0. The van der Waals surface area contributed by atoms with Crippen LogP contribution in [-0.2, 0) is 0 Å². The van der Waals surface area contributed by atoms with Gasteiger partial charge in [0.15, 0.2) is 5.16 Å². The minimum absolute atomic E-state index is 0.292. The number of amides is 1. The maximum Gasteiger partial charge on any atom is 0.275 e. The second-order valence-corrected chi connectivity index (χ2v) is 9.27. The number of fused-ring (bicyclic) bond motifs is 1. The lowest BCUT2D eigenvalue weighted by molar-refractivity contribution is 0.0955. The molecule has 0 unspecified atom stereocenters. The first-order chi connectivity index (χ1) is 18.3. The number of hydrogen-bond acceptors (Lipinski definition) is 5. The third-order valence-corrected chi connectivity index (χ3v) is 6.85. The van der Waals surface area contributed by atoms with Crippen LogP contribution in [0.25, 0.3) is 28.2 Å². The SMILES string of the molecule is O=C1NN=C(CSc2nc(-c3ccccc3)c(-c3ccccc3)n2-c2ccccc2)Oc2ccccc21. The van der Waals surface area contributed by atoms with Gasteiger partial charge in [0.05, 0.1) is 22.7 Å². The molecule has 0 radical (unpaired) electrons. The smallest absolute Gasteiger partial charge is 0.275 e. The Kier molecular flexibility index (Phi) is 6.27. The summed E-state index contributed by atoms with van der Waals surface area (Å²) in [6, 6.07) is 37.8. The lowest BCUT2D eigenvalue weighted by Gasteiger charge is -2.13. The zero-order valence-electron chi connectivity index (χ0n) is 19.7. The summed E-state index contributed by atoms with van der Waals surface area (Å²) < 4.78 is 8.18. The Balaban J connectivity index is 1.44. The molecular formula is C30H22N4O2S. The van der Waals surface area contributed by atoms with Crippen LogP contribution in [0.5, 0.6) is 5.75 Å². The van der Waals surface area contributed by atoms with Crippen molar-refractivity contribution in [2.75, 3.05) is 5.75 Å². The monoisotopic (exact) mass is 502 g/mol. The largest absolute Gasteiger partial charge is 0.440 e. The molecule has 2 heterocycles. The normalized spacial score (nSPS) is 12.6. The zero-order valence-corrected chi connectivity index (χ0v) is 20.6. The Hall–Kier alpha value is -4.62. The number of hydrogen-bond donors (Lipinski definition) is 1. The van der Waals surface area contributed by atoms with Gasteiger partial charge in [0.25, 0.3) is 5.91 Å². The van der Waals surface area contributed by atoms with E-state index in [1.165, 1.54) is 11.8 Å². The maximum atomic E-state index is 12.4. The van der Waals surface area contributed by atoms with Crippen molar-refractivity contribution >= 4 is 23.6 Å². The van der Waals surface area contributed by atoms with E-state index in [1.54, 1.807) is 18.2 Å². The average molecular weight is 503 g/mol. The molecule has 1 aliphatic heterocycles. The summed E-state index contributed by atoms with van der Waals surface area (Å²) in [6.45, 7) is 0. The van der Waals surface area contributed by atoms with Crippen molar-refractivity contribution in [3.63, 3.8) is 0 Å². The first kappa shape index (κ1) is 22.8. The van der Waals surface area contributed by atoms with Gasteiger partial charge < -0.3 is 4.74 Å². The molecule has 4 aromatic carbocycles. The first-order valence-electron chi connectivity index (χ1n) is 11.8. The number of nitrogens with zero attached hydrogens (tertiary/aromatic N) is 3. The number of carbonyl (C=O) groups is 1. The summed E-state index contributed by atoms with van der Waals surface area (Å²) in [7, 11) is 0. The number of rotatable bonds is 6. The molecule has 0 fully saturated rings. The van der Waals surface area contributed by atoms with E-state index in [4.69, 9.17) is 9.72 Å². The molecule has 6 rings (SSSR count). The molecule has 7 heteroatoms. The van der Waals surface area contributed by atoms with Gasteiger partial charge in [0.1, 0.15) is 5.75 Å². The molecule has 0 spiro atoms. The lowest BCUT2D eigenvalue weighted by atomic mass is 10.0. The molecular weight excluding hydrogens is 480 g/mol. The van der Waals surface area contributed by atoms with E-state index in [9.17, 15) is 4.79 Å². The highest BCUT2D eigenvalue weighted by Gasteiger charge is 2.23. The summed E-state index contributed by atoms with van der Waals surface area (Å²) in [4.78, 5) is 17.5. The predicted octanol–water partition coefficient (Wildman–Crippen LogP) is 6.43. The van der Waals surface area contributed by atoms with E-state index >= 15 is 0 Å². The van der Waals surface area contributed by atoms with E-state index in [0.717, 1.165) is 33.4 Å². The van der Waals surface area contributed by atoms with Crippen LogP contribution in [0, 0.1) is 0 Å². The Bertz CT molecular complexity index is 1580. The Morgan fingerprint density at radius 1 is 0.757 bits per heavy atom. The van der Waals surface area contributed by atoms with Gasteiger partial charge in [0, 0.05) is 16.8 Å². The van der Waals surface area contributed by atoms with Crippen LogP contribution in [0.2, 0.25) is 0 Å². The molecule has 5 aromatic rings. The second kappa shape index (κ2) is 10.2. The van der Waals surface area contributed by atoms with Gasteiger partial charge in [-0.1, -0.05) is 103 Å². The van der Waals surface area contributed by atoms with Crippen LogP contribution in [0.1, 0.15) is 10.4 Å². The van der Waals surface area contributed by atoms with Gasteiger partial charge in [-0.05, 0) is 24.3 Å². The number of hydrazone groups is 1. The highest BCUT2D eigenvalue weighted by molar-refractivity contribution is 7.99. The summed E-state index contributed by atoms with van der Waals surface area (Å²) in [5.41, 5.74) is 8.02. The fraction of sp³-hybridized carbons (Fsp3) is 0.0333. The highest BCUT2D eigenvalue weighted by atomic mass is 32.2. The van der Waals surface area contributed by atoms with E-state index in [-0.39, 0.29) is 5.91 Å². The van der Waals surface area contributed by atoms with Gasteiger partial charge in [-0.15, -0.1) is 5.10 Å². The Labute approximate surface area is 218 Å². The van der Waals surface area contributed by atoms with Crippen molar-refractivity contribution in [3.8, 4) is 34.0 Å². The summed E-state index contributed by atoms with van der Waals surface area (Å²) >= 11 is 1.50. The summed E-state index contributed by atoms with van der Waals surface area (Å²) in [6.07, 6.45) is 0. The number of ether oxygens (including phenoxy) is 1. The predicted molar refractivity (Wildman–Crippen MR) is 147 cm³/mol. The standard InChI is InChI=1S/C30H22N4O2S/c35-29-24-18-10-11-19-25(24)36-26(32-33-29)20-37-30-31-27(21-12-4-1-5-13-21)28(22-14-6-2-7-15-22)34(30)23-16-8-3-9-17-23/h1-19H,20H2,(H,33,35). The van der Waals surface area contributed by atoms with Gasteiger partial charge in [0.2, 0.25) is 5.90 Å². The minimum Gasteiger partial charge on any atom is -0.440 e. The molecule has 0 saturated heterocycles. The van der Waals surface area contributed by atoms with Gasteiger partial charge >= 0.3 is 0 Å². The van der Waals surface area contributed by atoms with Gasteiger partial charge in [-0.25, -0.2) is 10.4 Å². The maximum absolute atomic E-state index is 12.4. The molecule has 180 valence electrons. The van der Waals surface area contributed by atoms with Crippen LogP contribution >= 0.6 is 11.8 Å². The van der Waals surface area contributed by atoms with Crippen molar-refractivity contribution in [3.05, 3.63) is 121 Å². The lowest BCUT2D eigenvalue weighted by Crippen LogP contribution is -2.18. The van der Waals surface area contributed by atoms with Crippen molar-refractivity contribution in [2.45, 2.75) is 5.16 Å². The number of para-hydroxylation sites is 2. The summed E-state index contributed by atoms with van der Waals surface area (Å²) in [5, 5.41) is 5.01. The van der Waals surface area contributed by atoms with E-state index in [2.05, 4.69) is 51.5 Å². The fourth-order valence-corrected chi connectivity index (χ4v) is 5.08. The number of nitrogens with one attached hydrogen (secondary N) is 1.